The van der Waals surface area contributed by atoms with Gasteiger partial charge < -0.3 is 0 Å². The number of para-hydroxylation sites is 1. The number of fused-ring (bicyclic) bond motifs is 1. The molecule has 0 aliphatic carbocycles. The van der Waals surface area contributed by atoms with Gasteiger partial charge in [-0.15, -0.1) is 0 Å². The van der Waals surface area contributed by atoms with Crippen LogP contribution in [0.5, 0.6) is 0 Å². The van der Waals surface area contributed by atoms with E-state index in [9.17, 15) is 0 Å². The van der Waals surface area contributed by atoms with Gasteiger partial charge in [0.05, 0.1) is 11.4 Å². The van der Waals surface area contributed by atoms with Gasteiger partial charge in [-0.05, 0) is 26.7 Å². The Kier molecular flexibility index (Phi) is 2.71. The maximum Gasteiger partial charge on any atom is 0.140 e. The average Bonchev–Trinajstić information content (AvgIpc) is 2.58. The molecule has 0 fully saturated rings. The van der Waals surface area contributed by atoms with Crippen LogP contribution in [0.3, 0.4) is 0 Å². The third-order valence-electron chi connectivity index (χ3n) is 3.15. The summed E-state index contributed by atoms with van der Waals surface area (Å²) in [4.78, 5) is 0. The second kappa shape index (κ2) is 3.90. The molecule has 0 unspecified atom stereocenters. The van der Waals surface area contributed by atoms with Gasteiger partial charge in [0, 0.05) is 12.6 Å². The average molecular weight is 217 g/mol. The Morgan fingerprint density at radius 1 is 1.12 bits per heavy atom. The molecule has 1 aliphatic heterocycles. The van der Waals surface area contributed by atoms with E-state index in [0.717, 1.165) is 11.3 Å². The van der Waals surface area contributed by atoms with Crippen LogP contribution in [0.4, 0.5) is 5.69 Å². The van der Waals surface area contributed by atoms with Crippen LogP contribution < -0.4 is 21.1 Å². The van der Waals surface area contributed by atoms with Crippen molar-refractivity contribution < 1.29 is 0 Å². The van der Waals surface area contributed by atoms with Crippen molar-refractivity contribution in [3.8, 4) is 0 Å². The van der Waals surface area contributed by atoms with Crippen molar-refractivity contribution in [1.82, 2.24) is 16.1 Å². The van der Waals surface area contributed by atoms with Crippen molar-refractivity contribution in [2.24, 2.45) is 0 Å². The molecule has 0 spiro atoms. The summed E-state index contributed by atoms with van der Waals surface area (Å²) in [5.74, 6) is 0. The number of hydrogen-bond acceptors (Lipinski definition) is 4. The molecule has 0 bridgehead atoms. The summed E-state index contributed by atoms with van der Waals surface area (Å²) in [7, 11) is 5.63. The predicted molar refractivity (Wildman–Crippen MR) is 65.6 cm³/mol. The first kappa shape index (κ1) is 11.1. The van der Waals surface area contributed by atoms with E-state index in [-0.39, 0.29) is 0 Å². The van der Waals surface area contributed by atoms with Crippen LogP contribution in [-0.2, 0) is 5.66 Å². The number of nitrogens with one attached hydrogen (secondary N) is 3. The van der Waals surface area contributed by atoms with E-state index in [1.165, 1.54) is 0 Å². The quantitative estimate of drug-likeness (QED) is 0.647. The van der Waals surface area contributed by atoms with Crippen molar-refractivity contribution in [1.29, 1.82) is 0 Å². The molecule has 0 saturated carbocycles. The predicted octanol–water partition coefficient (Wildman–Crippen LogP) is 0.549. The Balaban J connectivity index is 2.63. The molecule has 4 heteroatoms. The lowest BCUT2D eigenvalue weighted by Crippen LogP contribution is -2.53. The normalized spacial score (nSPS) is 17.7. The first-order valence-corrected chi connectivity index (χ1v) is 5.29. The molecule has 85 valence electrons. The number of hydrazine groups is 1. The fourth-order valence-corrected chi connectivity index (χ4v) is 2.31. The summed E-state index contributed by atoms with van der Waals surface area (Å²) < 4.78 is 0. The first-order chi connectivity index (χ1) is 7.71. The summed E-state index contributed by atoms with van der Waals surface area (Å²) in [6, 6.07) is 8.11. The lowest BCUT2D eigenvalue weighted by molar-refractivity contribution is 0.370. The minimum atomic E-state index is -0.500. The zero-order valence-corrected chi connectivity index (χ0v) is 9.83. The van der Waals surface area contributed by atoms with E-state index >= 15 is 0 Å². The SMILES string of the molecule is [CH]=C1N(NC)c2ccccc2C1(NC)NC. The topological polar surface area (TPSA) is 39.3 Å². The highest BCUT2D eigenvalue weighted by Gasteiger charge is 2.44. The molecule has 0 atom stereocenters. The van der Waals surface area contributed by atoms with Gasteiger partial charge >= 0.3 is 0 Å². The standard InChI is InChI=1S/C12H17N4/c1-9-12(13-2,14-3)10-7-5-6-8-11(10)16(9)15-4/h1,5-8,13-15H,2-4H3. The molecule has 1 aliphatic rings. The van der Waals surface area contributed by atoms with E-state index in [4.69, 9.17) is 6.58 Å². The van der Waals surface area contributed by atoms with Crippen LogP contribution in [-0.4, -0.2) is 21.1 Å². The summed E-state index contributed by atoms with van der Waals surface area (Å²) >= 11 is 0. The fourth-order valence-electron chi connectivity index (χ4n) is 2.31. The number of likely N-dealkylation sites (N-methyl/N-ethyl adjacent to an activating group) is 2. The van der Waals surface area contributed by atoms with Gasteiger partial charge in [0.25, 0.3) is 0 Å². The number of rotatable bonds is 3. The molecule has 1 radical (unpaired) electrons. The molecule has 1 aromatic carbocycles. The van der Waals surface area contributed by atoms with Gasteiger partial charge in [-0.2, -0.15) is 0 Å². The number of anilines is 1. The zero-order valence-electron chi connectivity index (χ0n) is 9.83. The second-order valence-electron chi connectivity index (χ2n) is 3.71. The van der Waals surface area contributed by atoms with Gasteiger partial charge in [0.2, 0.25) is 0 Å². The first-order valence-electron chi connectivity index (χ1n) is 5.29. The van der Waals surface area contributed by atoms with Gasteiger partial charge in [-0.3, -0.25) is 15.6 Å². The third-order valence-corrected chi connectivity index (χ3v) is 3.15. The molecule has 1 heterocycles. The molecule has 3 N–H and O–H groups in total. The Morgan fingerprint density at radius 3 is 2.31 bits per heavy atom. The van der Waals surface area contributed by atoms with E-state index in [1.807, 2.05) is 44.4 Å². The third kappa shape index (κ3) is 1.21. The molecule has 0 saturated heterocycles. The summed E-state index contributed by atoms with van der Waals surface area (Å²) in [5.41, 5.74) is 5.46. The molecule has 0 amide bonds. The van der Waals surface area contributed by atoms with Crippen molar-refractivity contribution in [2.75, 3.05) is 26.2 Å². The Morgan fingerprint density at radius 2 is 1.75 bits per heavy atom. The van der Waals surface area contributed by atoms with Gasteiger partial charge in [0.1, 0.15) is 5.66 Å². The van der Waals surface area contributed by atoms with Crippen LogP contribution in [0.15, 0.2) is 30.0 Å². The minimum absolute atomic E-state index is 0.500. The van der Waals surface area contributed by atoms with Crippen LogP contribution in [0, 0.1) is 6.58 Å². The summed E-state index contributed by atoms with van der Waals surface area (Å²) in [6.07, 6.45) is 0. The monoisotopic (exact) mass is 217 g/mol. The largest absolute Gasteiger partial charge is 0.293 e. The molecule has 4 nitrogen and oxygen atoms in total. The molecule has 2 rings (SSSR count). The van der Waals surface area contributed by atoms with Crippen LogP contribution >= 0.6 is 0 Å². The van der Waals surface area contributed by atoms with E-state index in [0.29, 0.717) is 5.70 Å². The van der Waals surface area contributed by atoms with E-state index < -0.39 is 5.66 Å². The van der Waals surface area contributed by atoms with Crippen molar-refractivity contribution in [3.05, 3.63) is 42.1 Å². The highest BCUT2D eigenvalue weighted by molar-refractivity contribution is 5.68. The van der Waals surface area contributed by atoms with Gasteiger partial charge in [-0.25, -0.2) is 5.43 Å². The maximum atomic E-state index is 6.20. The Hall–Kier alpha value is -1.36. The molecule has 0 aromatic heterocycles. The van der Waals surface area contributed by atoms with Crippen LogP contribution in [0.2, 0.25) is 0 Å². The van der Waals surface area contributed by atoms with E-state index in [2.05, 4.69) is 22.1 Å². The van der Waals surface area contributed by atoms with Crippen LogP contribution in [0.25, 0.3) is 0 Å². The highest BCUT2D eigenvalue weighted by atomic mass is 15.5. The summed E-state index contributed by atoms with van der Waals surface area (Å²) in [5, 5.41) is 8.36. The fraction of sp³-hybridized carbons (Fsp3) is 0.333. The number of nitrogens with zero attached hydrogens (tertiary/aromatic N) is 1. The van der Waals surface area contributed by atoms with Gasteiger partial charge in [-0.1, -0.05) is 18.2 Å². The van der Waals surface area contributed by atoms with Crippen molar-refractivity contribution in [3.63, 3.8) is 0 Å². The number of hydrogen-bond donors (Lipinski definition) is 3. The molecule has 1 aromatic rings. The lowest BCUT2D eigenvalue weighted by Gasteiger charge is -2.31. The second-order valence-corrected chi connectivity index (χ2v) is 3.71. The summed E-state index contributed by atoms with van der Waals surface area (Å²) in [6.45, 7) is 6.20. The zero-order chi connectivity index (χ0) is 11.8. The number of benzene rings is 1. The molecular formula is C12H17N4. The van der Waals surface area contributed by atoms with Crippen molar-refractivity contribution >= 4 is 5.69 Å². The van der Waals surface area contributed by atoms with Crippen LogP contribution in [0.1, 0.15) is 5.56 Å². The van der Waals surface area contributed by atoms with Gasteiger partial charge in [0.15, 0.2) is 0 Å². The smallest absolute Gasteiger partial charge is 0.140 e. The maximum absolute atomic E-state index is 6.20. The molecular weight excluding hydrogens is 200 g/mol. The van der Waals surface area contributed by atoms with Crippen molar-refractivity contribution in [2.45, 2.75) is 5.66 Å². The Labute approximate surface area is 96.3 Å². The minimum Gasteiger partial charge on any atom is -0.293 e. The highest BCUT2D eigenvalue weighted by Crippen LogP contribution is 2.42. The Bertz CT molecular complexity index is 409. The van der Waals surface area contributed by atoms with E-state index in [1.54, 1.807) is 0 Å². The molecule has 16 heavy (non-hydrogen) atoms. The lowest BCUT2D eigenvalue weighted by atomic mass is 10.00.